The molecule has 0 fully saturated rings. The normalized spacial score (nSPS) is 13.2. The summed E-state index contributed by atoms with van der Waals surface area (Å²) in [6.07, 6.45) is 0. The Kier molecular flexibility index (Phi) is 5.84. The average Bonchev–Trinajstić information content (AvgIpc) is 2.79. The summed E-state index contributed by atoms with van der Waals surface area (Å²) in [7, 11) is 1.48. The van der Waals surface area contributed by atoms with Crippen molar-refractivity contribution in [1.29, 1.82) is 0 Å². The van der Waals surface area contributed by atoms with Crippen LogP contribution < -0.4 is 14.8 Å². The quantitative estimate of drug-likeness (QED) is 0.676. The van der Waals surface area contributed by atoms with Gasteiger partial charge in [0, 0.05) is 18.8 Å². The summed E-state index contributed by atoms with van der Waals surface area (Å²) in [6.45, 7) is 0.897. The summed E-state index contributed by atoms with van der Waals surface area (Å²) < 4.78 is 25.3. The van der Waals surface area contributed by atoms with Crippen molar-refractivity contribution in [2.24, 2.45) is 0 Å². The number of hydrogen-bond donors (Lipinski definition) is 1. The standard InChI is InChI=1S/C24H21FN2O4/c1-27(24(29)18-9-5-6-10-19(18)25)22(16-7-3-2-4-8-16)23(28)26-17-11-12-20-21(15-17)31-14-13-30-20/h2-12,15,22H,13-14H2,1H3,(H,26,28)/t22-/m0/s1. The number of likely N-dealkylation sites (N-methyl/N-ethyl adjacent to an activating group) is 1. The minimum Gasteiger partial charge on any atom is -0.486 e. The lowest BCUT2D eigenvalue weighted by molar-refractivity contribution is -0.120. The molecule has 158 valence electrons. The Labute approximate surface area is 179 Å². The zero-order chi connectivity index (χ0) is 21.8. The molecular formula is C24H21FN2O4. The average molecular weight is 420 g/mol. The topological polar surface area (TPSA) is 67.9 Å². The van der Waals surface area contributed by atoms with E-state index < -0.39 is 23.7 Å². The molecule has 1 aliphatic heterocycles. The number of anilines is 1. The molecule has 3 aromatic rings. The third-order valence-corrected chi connectivity index (χ3v) is 4.99. The van der Waals surface area contributed by atoms with Gasteiger partial charge in [-0.05, 0) is 29.8 Å². The molecule has 1 heterocycles. The smallest absolute Gasteiger partial charge is 0.257 e. The molecule has 0 unspecified atom stereocenters. The molecule has 0 spiro atoms. The molecule has 4 rings (SSSR count). The van der Waals surface area contributed by atoms with Crippen LogP contribution in [0, 0.1) is 5.82 Å². The second kappa shape index (κ2) is 8.87. The SMILES string of the molecule is CN(C(=O)c1ccccc1F)[C@H](C(=O)Nc1ccc2c(c1)OCCO2)c1ccccc1. The highest BCUT2D eigenvalue weighted by Gasteiger charge is 2.30. The molecule has 0 saturated carbocycles. The Hall–Kier alpha value is -3.87. The number of carbonyl (C=O) groups excluding carboxylic acids is 2. The number of rotatable bonds is 5. The number of nitrogens with zero attached hydrogens (tertiary/aromatic N) is 1. The van der Waals surface area contributed by atoms with Crippen molar-refractivity contribution in [2.45, 2.75) is 6.04 Å². The zero-order valence-electron chi connectivity index (χ0n) is 16.9. The second-order valence-corrected chi connectivity index (χ2v) is 7.06. The lowest BCUT2D eigenvalue weighted by atomic mass is 10.0. The van der Waals surface area contributed by atoms with Crippen LogP contribution in [-0.4, -0.2) is 37.0 Å². The van der Waals surface area contributed by atoms with E-state index in [1.54, 1.807) is 48.5 Å². The van der Waals surface area contributed by atoms with E-state index >= 15 is 0 Å². The lowest BCUT2D eigenvalue weighted by Gasteiger charge is -2.28. The van der Waals surface area contributed by atoms with Gasteiger partial charge in [-0.15, -0.1) is 0 Å². The molecule has 0 aliphatic carbocycles. The molecule has 3 aromatic carbocycles. The molecule has 6 nitrogen and oxygen atoms in total. The van der Waals surface area contributed by atoms with Crippen molar-refractivity contribution < 1.29 is 23.5 Å². The maximum Gasteiger partial charge on any atom is 0.257 e. The van der Waals surface area contributed by atoms with Crippen LogP contribution in [0.2, 0.25) is 0 Å². The lowest BCUT2D eigenvalue weighted by Crippen LogP contribution is -2.39. The first-order valence-corrected chi connectivity index (χ1v) is 9.82. The van der Waals surface area contributed by atoms with E-state index in [4.69, 9.17) is 9.47 Å². The Morgan fingerprint density at radius 2 is 1.61 bits per heavy atom. The van der Waals surface area contributed by atoms with Gasteiger partial charge in [-0.25, -0.2) is 4.39 Å². The molecule has 1 aliphatic rings. The van der Waals surface area contributed by atoms with Crippen LogP contribution in [0.15, 0.2) is 72.8 Å². The van der Waals surface area contributed by atoms with E-state index in [9.17, 15) is 14.0 Å². The largest absolute Gasteiger partial charge is 0.486 e. The van der Waals surface area contributed by atoms with E-state index in [2.05, 4.69) is 5.32 Å². The number of nitrogens with one attached hydrogen (secondary N) is 1. The Bertz CT molecular complexity index is 1100. The molecule has 0 radical (unpaired) electrons. The minimum absolute atomic E-state index is 0.0990. The van der Waals surface area contributed by atoms with Crippen molar-refractivity contribution in [3.05, 3.63) is 89.7 Å². The number of ether oxygens (including phenoxy) is 2. The third kappa shape index (κ3) is 4.35. The monoisotopic (exact) mass is 420 g/mol. The van der Waals surface area contributed by atoms with Gasteiger partial charge < -0.3 is 19.7 Å². The van der Waals surface area contributed by atoms with Crippen molar-refractivity contribution in [3.8, 4) is 11.5 Å². The summed E-state index contributed by atoms with van der Waals surface area (Å²) in [5.41, 5.74) is 1.00. The highest BCUT2D eigenvalue weighted by Crippen LogP contribution is 2.33. The van der Waals surface area contributed by atoms with E-state index in [0.29, 0.717) is 36.0 Å². The van der Waals surface area contributed by atoms with Gasteiger partial charge in [0.2, 0.25) is 0 Å². The fourth-order valence-corrected chi connectivity index (χ4v) is 3.46. The molecule has 0 aromatic heterocycles. The first-order valence-electron chi connectivity index (χ1n) is 9.82. The molecule has 1 N–H and O–H groups in total. The third-order valence-electron chi connectivity index (χ3n) is 4.99. The predicted octanol–water partition coefficient (Wildman–Crippen LogP) is 4.05. The number of carbonyl (C=O) groups is 2. The van der Waals surface area contributed by atoms with Crippen LogP contribution in [0.25, 0.3) is 0 Å². The highest BCUT2D eigenvalue weighted by molar-refractivity contribution is 6.01. The van der Waals surface area contributed by atoms with Gasteiger partial charge in [-0.2, -0.15) is 0 Å². The van der Waals surface area contributed by atoms with E-state index in [0.717, 1.165) is 0 Å². The molecule has 1 atom stereocenters. The van der Waals surface area contributed by atoms with Crippen molar-refractivity contribution in [3.63, 3.8) is 0 Å². The van der Waals surface area contributed by atoms with E-state index in [1.165, 1.54) is 30.1 Å². The van der Waals surface area contributed by atoms with E-state index in [-0.39, 0.29) is 5.56 Å². The van der Waals surface area contributed by atoms with Crippen molar-refractivity contribution in [1.82, 2.24) is 4.90 Å². The number of hydrogen-bond acceptors (Lipinski definition) is 4. The van der Waals surface area contributed by atoms with Crippen LogP contribution >= 0.6 is 0 Å². The zero-order valence-corrected chi connectivity index (χ0v) is 16.9. The first-order chi connectivity index (χ1) is 15.0. The molecule has 31 heavy (non-hydrogen) atoms. The number of benzene rings is 3. The maximum absolute atomic E-state index is 14.2. The van der Waals surface area contributed by atoms with Gasteiger partial charge in [0.15, 0.2) is 11.5 Å². The van der Waals surface area contributed by atoms with Crippen molar-refractivity contribution in [2.75, 3.05) is 25.6 Å². The first kappa shape index (κ1) is 20.4. The summed E-state index contributed by atoms with van der Waals surface area (Å²) in [4.78, 5) is 27.5. The van der Waals surface area contributed by atoms with Gasteiger partial charge in [-0.1, -0.05) is 42.5 Å². The Balaban J connectivity index is 1.63. The van der Waals surface area contributed by atoms with Crippen LogP contribution in [0.5, 0.6) is 11.5 Å². The number of amides is 2. The van der Waals surface area contributed by atoms with Crippen LogP contribution in [0.4, 0.5) is 10.1 Å². The summed E-state index contributed by atoms with van der Waals surface area (Å²) in [5.74, 6) is -0.524. The van der Waals surface area contributed by atoms with Crippen LogP contribution in [0.1, 0.15) is 22.0 Å². The predicted molar refractivity (Wildman–Crippen MR) is 114 cm³/mol. The fraction of sp³-hybridized carbons (Fsp3) is 0.167. The summed E-state index contributed by atoms with van der Waals surface area (Å²) >= 11 is 0. The van der Waals surface area contributed by atoms with Crippen LogP contribution in [-0.2, 0) is 4.79 Å². The van der Waals surface area contributed by atoms with Gasteiger partial charge in [0.25, 0.3) is 11.8 Å². The fourth-order valence-electron chi connectivity index (χ4n) is 3.46. The molecule has 2 amide bonds. The molecular weight excluding hydrogens is 399 g/mol. The Morgan fingerprint density at radius 3 is 2.35 bits per heavy atom. The number of fused-ring (bicyclic) bond motifs is 1. The molecule has 0 saturated heterocycles. The highest BCUT2D eigenvalue weighted by atomic mass is 19.1. The summed E-state index contributed by atoms with van der Waals surface area (Å²) in [6, 6.07) is 18.7. The van der Waals surface area contributed by atoms with Crippen molar-refractivity contribution >= 4 is 17.5 Å². The van der Waals surface area contributed by atoms with Gasteiger partial charge in [-0.3, -0.25) is 9.59 Å². The second-order valence-electron chi connectivity index (χ2n) is 7.06. The summed E-state index contributed by atoms with van der Waals surface area (Å²) in [5, 5.41) is 2.83. The van der Waals surface area contributed by atoms with Crippen LogP contribution in [0.3, 0.4) is 0 Å². The van der Waals surface area contributed by atoms with Gasteiger partial charge in [0.1, 0.15) is 25.1 Å². The minimum atomic E-state index is -0.971. The van der Waals surface area contributed by atoms with Gasteiger partial charge in [0.05, 0.1) is 5.56 Å². The molecule has 0 bridgehead atoms. The van der Waals surface area contributed by atoms with E-state index in [1.807, 2.05) is 6.07 Å². The maximum atomic E-state index is 14.2. The Morgan fingerprint density at radius 1 is 0.935 bits per heavy atom. The van der Waals surface area contributed by atoms with Gasteiger partial charge >= 0.3 is 0 Å². The number of halogens is 1. The molecule has 7 heteroatoms.